The monoisotopic (exact) mass is 292 g/mol. The second-order valence-corrected chi connectivity index (χ2v) is 4.97. The molecule has 0 bridgehead atoms. The molecule has 0 atom stereocenters. The molecule has 0 aromatic heterocycles. The van der Waals surface area contributed by atoms with Crippen LogP contribution in [0.1, 0.15) is 35.3 Å². The number of nitrogens with two attached hydrogens (primary N) is 1. The van der Waals surface area contributed by atoms with Crippen molar-refractivity contribution in [1.29, 1.82) is 0 Å². The van der Waals surface area contributed by atoms with E-state index in [4.69, 9.17) is 5.84 Å². The van der Waals surface area contributed by atoms with Crippen LogP contribution in [0.3, 0.4) is 0 Å². The van der Waals surface area contributed by atoms with Gasteiger partial charge in [0, 0.05) is 11.3 Å². The van der Waals surface area contributed by atoms with Crippen molar-refractivity contribution >= 4 is 17.5 Å². The highest BCUT2D eigenvalue weighted by Crippen LogP contribution is 2.22. The number of hydrogen-bond donors (Lipinski definition) is 3. The van der Waals surface area contributed by atoms with Crippen molar-refractivity contribution in [3.63, 3.8) is 0 Å². The summed E-state index contributed by atoms with van der Waals surface area (Å²) < 4.78 is 0. The Morgan fingerprint density at radius 1 is 1.14 bits per heavy atom. The van der Waals surface area contributed by atoms with Gasteiger partial charge in [-0.1, -0.05) is 13.8 Å². The standard InChI is InChI=1S/C15H24N4O2/c1-5-19(6-2)9-13(20)17-14-10(3)7-12(8-11(14)4)15(21)18-16/h7-8H,5-6,9,16H2,1-4H3,(H,17,20)(H,18,21). The van der Waals surface area contributed by atoms with Crippen molar-refractivity contribution in [3.05, 3.63) is 28.8 Å². The van der Waals surface area contributed by atoms with E-state index >= 15 is 0 Å². The van der Waals surface area contributed by atoms with E-state index in [0.717, 1.165) is 29.9 Å². The molecule has 0 aliphatic carbocycles. The van der Waals surface area contributed by atoms with Crippen molar-refractivity contribution in [2.24, 2.45) is 5.84 Å². The van der Waals surface area contributed by atoms with Crippen molar-refractivity contribution in [1.82, 2.24) is 10.3 Å². The van der Waals surface area contributed by atoms with Crippen molar-refractivity contribution < 1.29 is 9.59 Å². The van der Waals surface area contributed by atoms with E-state index < -0.39 is 0 Å². The largest absolute Gasteiger partial charge is 0.324 e. The van der Waals surface area contributed by atoms with Gasteiger partial charge in [-0.05, 0) is 50.2 Å². The zero-order chi connectivity index (χ0) is 16.0. The fourth-order valence-electron chi connectivity index (χ4n) is 2.20. The minimum absolute atomic E-state index is 0.0547. The lowest BCUT2D eigenvalue weighted by Crippen LogP contribution is -2.33. The normalized spacial score (nSPS) is 10.6. The number of likely N-dealkylation sites (N-methyl/N-ethyl adjacent to an activating group) is 1. The van der Waals surface area contributed by atoms with Crippen LogP contribution in [-0.4, -0.2) is 36.3 Å². The molecule has 1 rings (SSSR count). The third-order valence-electron chi connectivity index (χ3n) is 3.45. The Morgan fingerprint density at radius 3 is 2.10 bits per heavy atom. The molecule has 0 aliphatic rings. The third kappa shape index (κ3) is 4.54. The highest BCUT2D eigenvalue weighted by Gasteiger charge is 2.13. The molecule has 116 valence electrons. The van der Waals surface area contributed by atoms with Crippen molar-refractivity contribution in [3.8, 4) is 0 Å². The Morgan fingerprint density at radius 2 is 1.67 bits per heavy atom. The van der Waals surface area contributed by atoms with Gasteiger partial charge in [0.05, 0.1) is 6.54 Å². The van der Waals surface area contributed by atoms with Gasteiger partial charge in [-0.15, -0.1) is 0 Å². The number of nitrogens with one attached hydrogen (secondary N) is 2. The van der Waals surface area contributed by atoms with E-state index in [1.807, 2.05) is 32.6 Å². The summed E-state index contributed by atoms with van der Waals surface area (Å²) in [6, 6.07) is 3.42. The molecule has 0 saturated carbocycles. The van der Waals surface area contributed by atoms with Gasteiger partial charge in [-0.25, -0.2) is 5.84 Å². The first kappa shape index (κ1) is 17.1. The summed E-state index contributed by atoms with van der Waals surface area (Å²) in [4.78, 5) is 25.7. The van der Waals surface area contributed by atoms with Crippen LogP contribution in [0.25, 0.3) is 0 Å². The lowest BCUT2D eigenvalue weighted by atomic mass is 10.0. The van der Waals surface area contributed by atoms with Gasteiger partial charge in [-0.3, -0.25) is 19.9 Å². The van der Waals surface area contributed by atoms with Gasteiger partial charge in [0.25, 0.3) is 5.91 Å². The van der Waals surface area contributed by atoms with E-state index in [-0.39, 0.29) is 11.8 Å². The summed E-state index contributed by atoms with van der Waals surface area (Å²) in [6.45, 7) is 9.77. The molecule has 21 heavy (non-hydrogen) atoms. The molecular weight excluding hydrogens is 268 g/mol. The van der Waals surface area contributed by atoms with E-state index in [1.54, 1.807) is 12.1 Å². The molecule has 1 aromatic carbocycles. The van der Waals surface area contributed by atoms with Gasteiger partial charge in [0.1, 0.15) is 0 Å². The quantitative estimate of drug-likeness (QED) is 0.417. The fourth-order valence-corrected chi connectivity index (χ4v) is 2.20. The average molecular weight is 292 g/mol. The maximum absolute atomic E-state index is 12.1. The molecule has 0 saturated heterocycles. The second kappa shape index (κ2) is 7.75. The summed E-state index contributed by atoms with van der Waals surface area (Å²) in [5.41, 5.74) is 5.01. The minimum Gasteiger partial charge on any atom is -0.324 e. The highest BCUT2D eigenvalue weighted by atomic mass is 16.2. The molecular formula is C15H24N4O2. The topological polar surface area (TPSA) is 87.5 Å². The Kier molecular flexibility index (Phi) is 6.33. The SMILES string of the molecule is CCN(CC)CC(=O)Nc1c(C)cc(C(=O)NN)cc1C. The maximum Gasteiger partial charge on any atom is 0.265 e. The summed E-state index contributed by atoms with van der Waals surface area (Å²) in [7, 11) is 0. The maximum atomic E-state index is 12.1. The van der Waals surface area contributed by atoms with Crippen LogP contribution in [0.5, 0.6) is 0 Å². The first-order chi connectivity index (χ1) is 9.92. The number of rotatable bonds is 6. The smallest absolute Gasteiger partial charge is 0.265 e. The molecule has 0 heterocycles. The number of anilines is 1. The molecule has 4 N–H and O–H groups in total. The lowest BCUT2D eigenvalue weighted by Gasteiger charge is -2.19. The van der Waals surface area contributed by atoms with Crippen molar-refractivity contribution in [2.45, 2.75) is 27.7 Å². The number of carbonyl (C=O) groups is 2. The number of benzene rings is 1. The van der Waals surface area contributed by atoms with Crippen LogP contribution >= 0.6 is 0 Å². The molecule has 0 aliphatic heterocycles. The number of nitrogens with zero attached hydrogens (tertiary/aromatic N) is 1. The number of nitrogen functional groups attached to an aromatic ring is 1. The number of aryl methyl sites for hydroxylation is 2. The minimum atomic E-state index is -0.345. The predicted molar refractivity (Wildman–Crippen MR) is 84.0 cm³/mol. The number of hydrazine groups is 1. The molecule has 0 unspecified atom stereocenters. The fraction of sp³-hybridized carbons (Fsp3) is 0.467. The number of amides is 2. The van der Waals surface area contributed by atoms with Crippen molar-refractivity contribution in [2.75, 3.05) is 25.0 Å². The van der Waals surface area contributed by atoms with Gasteiger partial charge < -0.3 is 5.32 Å². The first-order valence-electron chi connectivity index (χ1n) is 7.07. The summed E-state index contributed by atoms with van der Waals surface area (Å²) >= 11 is 0. The van der Waals surface area contributed by atoms with Crippen LogP contribution < -0.4 is 16.6 Å². The molecule has 0 spiro atoms. The predicted octanol–water partition coefficient (Wildman–Crippen LogP) is 1.19. The number of hydrogen-bond acceptors (Lipinski definition) is 4. The summed E-state index contributed by atoms with van der Waals surface area (Å²) in [6.07, 6.45) is 0. The van der Waals surface area contributed by atoms with Crippen LogP contribution in [-0.2, 0) is 4.79 Å². The van der Waals surface area contributed by atoms with Gasteiger partial charge in [-0.2, -0.15) is 0 Å². The molecule has 6 heteroatoms. The zero-order valence-electron chi connectivity index (χ0n) is 13.1. The zero-order valence-corrected chi connectivity index (χ0v) is 13.1. The molecule has 2 amide bonds. The van der Waals surface area contributed by atoms with E-state index in [9.17, 15) is 9.59 Å². The Hall–Kier alpha value is -1.92. The van der Waals surface area contributed by atoms with E-state index in [1.165, 1.54) is 0 Å². The molecule has 6 nitrogen and oxygen atoms in total. The molecule has 1 aromatic rings. The summed E-state index contributed by atoms with van der Waals surface area (Å²) in [5.74, 6) is 4.73. The van der Waals surface area contributed by atoms with Gasteiger partial charge >= 0.3 is 0 Å². The van der Waals surface area contributed by atoms with Crippen LogP contribution in [0.4, 0.5) is 5.69 Å². The number of carbonyl (C=O) groups excluding carboxylic acids is 2. The lowest BCUT2D eigenvalue weighted by molar-refractivity contribution is -0.117. The average Bonchev–Trinajstić information content (AvgIpc) is 2.47. The molecule has 0 fully saturated rings. The first-order valence-corrected chi connectivity index (χ1v) is 7.07. The highest BCUT2D eigenvalue weighted by molar-refractivity contribution is 5.97. The Balaban J connectivity index is 2.89. The van der Waals surface area contributed by atoms with Crippen LogP contribution in [0.2, 0.25) is 0 Å². The van der Waals surface area contributed by atoms with E-state index in [0.29, 0.717) is 12.1 Å². The second-order valence-electron chi connectivity index (χ2n) is 4.97. The van der Waals surface area contributed by atoms with Crippen LogP contribution in [0.15, 0.2) is 12.1 Å². The Bertz CT molecular complexity index is 501. The van der Waals surface area contributed by atoms with Gasteiger partial charge in [0.2, 0.25) is 5.91 Å². The van der Waals surface area contributed by atoms with E-state index in [2.05, 4.69) is 10.7 Å². The van der Waals surface area contributed by atoms with Gasteiger partial charge in [0.15, 0.2) is 0 Å². The molecule has 0 radical (unpaired) electrons. The summed E-state index contributed by atoms with van der Waals surface area (Å²) in [5, 5.41) is 2.92. The van der Waals surface area contributed by atoms with Crippen LogP contribution in [0, 0.1) is 13.8 Å². The third-order valence-corrected chi connectivity index (χ3v) is 3.45. The Labute approximate surface area is 125 Å².